The normalized spacial score (nSPS) is 19.3. The lowest BCUT2D eigenvalue weighted by Gasteiger charge is -2.30. The number of aromatic nitrogens is 1. The molecule has 8 heteroatoms. The number of rotatable bonds is 6. The number of anilines is 1. The van der Waals surface area contributed by atoms with E-state index in [1.807, 2.05) is 25.1 Å². The molecule has 0 saturated heterocycles. The Morgan fingerprint density at radius 2 is 1.97 bits per heavy atom. The average molecular weight is 400 g/mol. The molecule has 0 radical (unpaired) electrons. The van der Waals surface area contributed by atoms with E-state index in [-0.39, 0.29) is 29.3 Å². The molecule has 1 fully saturated rings. The Hall–Kier alpha value is -2.87. The lowest BCUT2D eigenvalue weighted by atomic mass is 9.92. The molecule has 1 heterocycles. The van der Waals surface area contributed by atoms with Gasteiger partial charge in [0.1, 0.15) is 11.3 Å². The highest BCUT2D eigenvalue weighted by Crippen LogP contribution is 2.35. The van der Waals surface area contributed by atoms with Gasteiger partial charge >= 0.3 is 5.97 Å². The number of amides is 1. The minimum absolute atomic E-state index is 0.0147. The monoisotopic (exact) mass is 400 g/mol. The summed E-state index contributed by atoms with van der Waals surface area (Å²) in [5.74, 6) is -0.517. The molecule has 1 aliphatic carbocycles. The van der Waals surface area contributed by atoms with Crippen molar-refractivity contribution in [3.05, 3.63) is 29.5 Å². The van der Waals surface area contributed by atoms with Crippen molar-refractivity contribution in [1.82, 2.24) is 15.2 Å². The highest BCUT2D eigenvalue weighted by Gasteiger charge is 2.25. The van der Waals surface area contributed by atoms with Crippen LogP contribution in [0.4, 0.5) is 5.69 Å². The quantitative estimate of drug-likeness (QED) is 0.680. The molecule has 1 amide bonds. The van der Waals surface area contributed by atoms with Gasteiger partial charge in [0, 0.05) is 6.04 Å². The first-order chi connectivity index (χ1) is 13.8. The molecule has 4 N–H and O–H groups in total. The number of nitrogens with zero attached hydrogens (tertiary/aromatic N) is 2. The van der Waals surface area contributed by atoms with Crippen LogP contribution in [0, 0.1) is 6.92 Å². The van der Waals surface area contributed by atoms with Crippen LogP contribution in [0.1, 0.15) is 41.7 Å². The zero-order chi connectivity index (χ0) is 21.1. The molecule has 0 bridgehead atoms. The number of nitrogens with one attached hydrogen (secondary N) is 1. The van der Waals surface area contributed by atoms with Crippen molar-refractivity contribution in [2.24, 2.45) is 0 Å². The minimum atomic E-state index is -1.10. The highest BCUT2D eigenvalue weighted by molar-refractivity contribution is 6.06. The van der Waals surface area contributed by atoms with Gasteiger partial charge in [0.15, 0.2) is 0 Å². The molecule has 29 heavy (non-hydrogen) atoms. The van der Waals surface area contributed by atoms with E-state index in [4.69, 9.17) is 10.5 Å². The van der Waals surface area contributed by atoms with Crippen molar-refractivity contribution in [2.45, 2.75) is 44.8 Å². The molecule has 1 aromatic heterocycles. The molecule has 0 unspecified atom stereocenters. The number of ether oxygens (including phenoxy) is 1. The maximum absolute atomic E-state index is 11.9. The third kappa shape index (κ3) is 4.76. The summed E-state index contributed by atoms with van der Waals surface area (Å²) in [5, 5.41) is 13.1. The van der Waals surface area contributed by atoms with Gasteiger partial charge in [-0.3, -0.25) is 9.78 Å². The van der Waals surface area contributed by atoms with Gasteiger partial charge in [0.25, 0.3) is 0 Å². The number of aryl methyl sites for hydroxylation is 1. The Bertz CT molecular complexity index is 921. The predicted octanol–water partition coefficient (Wildman–Crippen LogP) is 2.19. The number of carbonyl (C=O) groups excluding carboxylic acids is 1. The molecule has 1 saturated carbocycles. The Kier molecular flexibility index (Phi) is 6.22. The van der Waals surface area contributed by atoms with Crippen LogP contribution >= 0.6 is 0 Å². The maximum Gasteiger partial charge on any atom is 0.339 e. The van der Waals surface area contributed by atoms with Crippen molar-refractivity contribution >= 4 is 28.5 Å². The van der Waals surface area contributed by atoms with Crippen molar-refractivity contribution in [3.8, 4) is 5.75 Å². The number of nitrogen functional groups attached to an aromatic ring is 1. The van der Waals surface area contributed by atoms with Crippen molar-refractivity contribution in [3.63, 3.8) is 0 Å². The zero-order valence-corrected chi connectivity index (χ0v) is 17.1. The SMILES string of the molecule is Cc1nc2cccc(O[C@H]3CC[C@H](NC(=O)CN(C)C)CC3)c2c(N)c1C(=O)O. The van der Waals surface area contributed by atoms with Crippen LogP contribution in [0.2, 0.25) is 0 Å². The fourth-order valence-electron chi connectivity index (χ4n) is 3.87. The number of aromatic carboxylic acids is 1. The third-order valence-electron chi connectivity index (χ3n) is 5.20. The molecule has 156 valence electrons. The number of pyridine rings is 1. The summed E-state index contributed by atoms with van der Waals surface area (Å²) in [6.45, 7) is 2.02. The van der Waals surface area contributed by atoms with Crippen LogP contribution in [-0.4, -0.2) is 59.7 Å². The van der Waals surface area contributed by atoms with Crippen LogP contribution < -0.4 is 15.8 Å². The van der Waals surface area contributed by atoms with E-state index in [0.29, 0.717) is 28.9 Å². The fourth-order valence-corrected chi connectivity index (χ4v) is 3.87. The highest BCUT2D eigenvalue weighted by atomic mass is 16.5. The second kappa shape index (κ2) is 8.65. The summed E-state index contributed by atoms with van der Waals surface area (Å²) in [6, 6.07) is 5.58. The van der Waals surface area contributed by atoms with Gasteiger partial charge < -0.3 is 25.8 Å². The van der Waals surface area contributed by atoms with Gasteiger partial charge in [-0.2, -0.15) is 0 Å². The molecule has 8 nitrogen and oxygen atoms in total. The Morgan fingerprint density at radius 3 is 2.59 bits per heavy atom. The molecule has 1 aromatic carbocycles. The zero-order valence-electron chi connectivity index (χ0n) is 17.1. The molecular weight excluding hydrogens is 372 g/mol. The molecule has 0 atom stereocenters. The summed E-state index contributed by atoms with van der Waals surface area (Å²) < 4.78 is 6.21. The fraction of sp³-hybridized carbons (Fsp3) is 0.476. The van der Waals surface area contributed by atoms with Crippen molar-refractivity contribution in [2.75, 3.05) is 26.4 Å². The standard InChI is InChI=1S/C21H28N4O4/c1-12-18(21(27)28)20(22)19-15(23-12)5-4-6-16(19)29-14-9-7-13(8-10-14)24-17(26)11-25(2)3/h4-6,13-14H,7-11H2,1-3H3,(H2,22,23)(H,24,26)(H,27,28)/t13-,14-. The average Bonchev–Trinajstić information content (AvgIpc) is 2.62. The van der Waals surface area contributed by atoms with E-state index >= 15 is 0 Å². The number of likely N-dealkylation sites (N-methyl/N-ethyl adjacent to an activating group) is 1. The number of hydrogen-bond acceptors (Lipinski definition) is 6. The van der Waals surface area contributed by atoms with E-state index in [9.17, 15) is 14.7 Å². The van der Waals surface area contributed by atoms with Crippen LogP contribution in [-0.2, 0) is 4.79 Å². The van der Waals surface area contributed by atoms with E-state index in [1.165, 1.54) is 0 Å². The molecule has 1 aliphatic rings. The first kappa shape index (κ1) is 20.9. The number of carboxylic acids is 1. The lowest BCUT2D eigenvalue weighted by Crippen LogP contribution is -2.43. The molecular formula is C21H28N4O4. The first-order valence-electron chi connectivity index (χ1n) is 9.79. The largest absolute Gasteiger partial charge is 0.490 e. The van der Waals surface area contributed by atoms with E-state index in [1.54, 1.807) is 19.1 Å². The van der Waals surface area contributed by atoms with Gasteiger partial charge in [0.2, 0.25) is 5.91 Å². The van der Waals surface area contributed by atoms with E-state index in [0.717, 1.165) is 25.7 Å². The van der Waals surface area contributed by atoms with Gasteiger partial charge in [-0.05, 0) is 58.8 Å². The first-order valence-corrected chi connectivity index (χ1v) is 9.79. The summed E-state index contributed by atoms with van der Waals surface area (Å²) in [6.07, 6.45) is 3.25. The van der Waals surface area contributed by atoms with Gasteiger partial charge in [0.05, 0.1) is 34.9 Å². The molecule has 3 rings (SSSR count). The smallest absolute Gasteiger partial charge is 0.339 e. The topological polar surface area (TPSA) is 118 Å². The van der Waals surface area contributed by atoms with Gasteiger partial charge in [-0.25, -0.2) is 4.79 Å². The van der Waals surface area contributed by atoms with Gasteiger partial charge in [-0.1, -0.05) is 6.07 Å². The summed E-state index contributed by atoms with van der Waals surface area (Å²) in [5.41, 5.74) is 7.39. The van der Waals surface area contributed by atoms with Crippen LogP contribution in [0.15, 0.2) is 18.2 Å². The Morgan fingerprint density at radius 1 is 1.28 bits per heavy atom. The molecule has 0 spiro atoms. The third-order valence-corrected chi connectivity index (χ3v) is 5.20. The van der Waals surface area contributed by atoms with E-state index in [2.05, 4.69) is 10.3 Å². The van der Waals surface area contributed by atoms with Crippen LogP contribution in [0.3, 0.4) is 0 Å². The maximum atomic E-state index is 11.9. The van der Waals surface area contributed by atoms with E-state index < -0.39 is 5.97 Å². The lowest BCUT2D eigenvalue weighted by molar-refractivity contribution is -0.122. The number of carboxylic acid groups (broad SMARTS) is 1. The number of hydrogen-bond donors (Lipinski definition) is 3. The second-order valence-corrected chi connectivity index (χ2v) is 7.84. The summed E-state index contributed by atoms with van der Waals surface area (Å²) in [4.78, 5) is 29.8. The van der Waals surface area contributed by atoms with Crippen LogP contribution in [0.25, 0.3) is 10.9 Å². The molecule has 0 aliphatic heterocycles. The Labute approximate surface area is 170 Å². The van der Waals surface area contributed by atoms with Crippen LogP contribution in [0.5, 0.6) is 5.75 Å². The minimum Gasteiger partial charge on any atom is -0.490 e. The Balaban J connectivity index is 1.72. The number of nitrogens with two attached hydrogens (primary N) is 1. The predicted molar refractivity (Wildman–Crippen MR) is 111 cm³/mol. The molecule has 2 aromatic rings. The van der Waals surface area contributed by atoms with Gasteiger partial charge in [-0.15, -0.1) is 0 Å². The number of benzene rings is 1. The number of fused-ring (bicyclic) bond motifs is 1. The van der Waals surface area contributed by atoms with Crippen molar-refractivity contribution < 1.29 is 19.4 Å². The second-order valence-electron chi connectivity index (χ2n) is 7.84. The van der Waals surface area contributed by atoms with Crippen molar-refractivity contribution in [1.29, 1.82) is 0 Å². The summed E-state index contributed by atoms with van der Waals surface area (Å²) >= 11 is 0. The summed E-state index contributed by atoms with van der Waals surface area (Å²) in [7, 11) is 3.73. The number of carbonyl (C=O) groups is 2.